The fraction of sp³-hybridized carbons (Fsp3) is 0.667. The Labute approximate surface area is 95.4 Å². The summed E-state index contributed by atoms with van der Waals surface area (Å²) >= 11 is 0. The van der Waals surface area contributed by atoms with Crippen LogP contribution in [0.4, 0.5) is 0 Å². The van der Waals surface area contributed by atoms with E-state index < -0.39 is 0 Å². The van der Waals surface area contributed by atoms with Gasteiger partial charge >= 0.3 is 0 Å². The van der Waals surface area contributed by atoms with Crippen molar-refractivity contribution in [1.82, 2.24) is 10.3 Å². The van der Waals surface area contributed by atoms with Crippen LogP contribution in [0.1, 0.15) is 37.8 Å². The maximum Gasteiger partial charge on any atom is 0.195 e. The first-order chi connectivity index (χ1) is 7.74. The Morgan fingerprint density at radius 1 is 1.62 bits per heavy atom. The zero-order valence-electron chi connectivity index (χ0n) is 9.66. The number of carbonyl (C=O) groups excluding carboxylic acids is 1. The maximum atomic E-state index is 10.9. The molecule has 16 heavy (non-hydrogen) atoms. The van der Waals surface area contributed by atoms with E-state index in [0.717, 1.165) is 18.9 Å². The summed E-state index contributed by atoms with van der Waals surface area (Å²) in [6.07, 6.45) is 6.57. The molecular weight excluding hydrogens is 204 g/mol. The Morgan fingerprint density at radius 3 is 3.19 bits per heavy atom. The zero-order chi connectivity index (χ0) is 11.4. The Hall–Kier alpha value is -1.16. The predicted molar refractivity (Wildman–Crippen MR) is 60.2 cm³/mol. The molecule has 1 fully saturated rings. The van der Waals surface area contributed by atoms with Crippen LogP contribution in [0.25, 0.3) is 0 Å². The van der Waals surface area contributed by atoms with Crippen LogP contribution >= 0.6 is 0 Å². The summed E-state index contributed by atoms with van der Waals surface area (Å²) < 4.78 is 5.53. The monoisotopic (exact) mass is 222 g/mol. The normalized spacial score (nSPS) is 20.9. The molecule has 4 nitrogen and oxygen atoms in total. The van der Waals surface area contributed by atoms with Gasteiger partial charge in [-0.2, -0.15) is 0 Å². The highest BCUT2D eigenvalue weighted by atomic mass is 16.4. The van der Waals surface area contributed by atoms with Crippen LogP contribution < -0.4 is 5.32 Å². The smallest absolute Gasteiger partial charge is 0.195 e. The summed E-state index contributed by atoms with van der Waals surface area (Å²) in [7, 11) is 0. The lowest BCUT2D eigenvalue weighted by Gasteiger charge is -2.21. The quantitative estimate of drug-likeness (QED) is 0.838. The molecule has 0 aromatic carbocycles. The van der Waals surface area contributed by atoms with Gasteiger partial charge < -0.3 is 9.73 Å². The van der Waals surface area contributed by atoms with Gasteiger partial charge in [0.25, 0.3) is 0 Å². The molecule has 4 heteroatoms. The van der Waals surface area contributed by atoms with Crippen LogP contribution in [0.2, 0.25) is 0 Å². The van der Waals surface area contributed by atoms with Crippen LogP contribution in [0, 0.1) is 0 Å². The highest BCUT2D eigenvalue weighted by molar-refractivity contribution is 5.77. The van der Waals surface area contributed by atoms with E-state index in [0.29, 0.717) is 18.2 Å². The van der Waals surface area contributed by atoms with Gasteiger partial charge in [-0.15, -0.1) is 0 Å². The third-order valence-corrected chi connectivity index (χ3v) is 2.86. The number of hydrogen-bond donors (Lipinski definition) is 1. The molecule has 0 spiro atoms. The van der Waals surface area contributed by atoms with Crippen LogP contribution in [0.3, 0.4) is 0 Å². The number of ketones is 1. The number of hydrogen-bond acceptors (Lipinski definition) is 4. The van der Waals surface area contributed by atoms with Crippen molar-refractivity contribution in [1.29, 1.82) is 0 Å². The molecule has 2 heterocycles. The molecule has 1 aliphatic heterocycles. The van der Waals surface area contributed by atoms with Gasteiger partial charge in [0.05, 0.1) is 12.6 Å². The molecule has 0 amide bonds. The molecule has 0 aliphatic carbocycles. The fourth-order valence-electron chi connectivity index (χ4n) is 2.08. The first-order valence-corrected chi connectivity index (χ1v) is 5.90. The summed E-state index contributed by atoms with van der Waals surface area (Å²) in [6, 6.07) is 0.484. The van der Waals surface area contributed by atoms with E-state index in [4.69, 9.17) is 4.42 Å². The summed E-state index contributed by atoms with van der Waals surface area (Å²) in [5.74, 6) is 1.53. The van der Waals surface area contributed by atoms with Crippen molar-refractivity contribution in [3.05, 3.63) is 17.8 Å². The van der Waals surface area contributed by atoms with E-state index >= 15 is 0 Å². The zero-order valence-corrected chi connectivity index (χ0v) is 9.66. The fourth-order valence-corrected chi connectivity index (χ4v) is 2.08. The Balaban J connectivity index is 1.88. The van der Waals surface area contributed by atoms with E-state index in [2.05, 4.69) is 10.3 Å². The molecule has 1 unspecified atom stereocenters. The van der Waals surface area contributed by atoms with Gasteiger partial charge in [-0.05, 0) is 26.3 Å². The van der Waals surface area contributed by atoms with E-state index in [-0.39, 0.29) is 5.78 Å². The Bertz CT molecular complexity index is 354. The number of piperidine rings is 1. The Kier molecular flexibility index (Phi) is 3.72. The predicted octanol–water partition coefficient (Wildman–Crippen LogP) is 1.49. The average Bonchev–Trinajstić information content (AvgIpc) is 2.66. The minimum atomic E-state index is 0.110. The molecule has 1 N–H and O–H groups in total. The van der Waals surface area contributed by atoms with Crippen LogP contribution in [0.5, 0.6) is 0 Å². The van der Waals surface area contributed by atoms with Crippen molar-refractivity contribution >= 4 is 5.78 Å². The highest BCUT2D eigenvalue weighted by Gasteiger charge is 2.16. The van der Waals surface area contributed by atoms with E-state index in [1.807, 2.05) is 0 Å². The van der Waals surface area contributed by atoms with E-state index in [9.17, 15) is 4.79 Å². The van der Waals surface area contributed by atoms with Crippen molar-refractivity contribution in [3.8, 4) is 0 Å². The average molecular weight is 222 g/mol. The molecule has 1 saturated heterocycles. The Morgan fingerprint density at radius 2 is 2.50 bits per heavy atom. The van der Waals surface area contributed by atoms with Gasteiger partial charge in [-0.25, -0.2) is 4.98 Å². The highest BCUT2D eigenvalue weighted by Crippen LogP contribution is 2.13. The van der Waals surface area contributed by atoms with Gasteiger partial charge in [-0.3, -0.25) is 4.79 Å². The van der Waals surface area contributed by atoms with Crippen molar-refractivity contribution in [3.63, 3.8) is 0 Å². The van der Waals surface area contributed by atoms with Crippen molar-refractivity contribution in [2.45, 2.75) is 45.1 Å². The molecule has 0 saturated carbocycles. The van der Waals surface area contributed by atoms with Crippen molar-refractivity contribution < 1.29 is 9.21 Å². The lowest BCUT2D eigenvalue weighted by Crippen LogP contribution is -2.35. The molecule has 1 aliphatic rings. The molecular formula is C12H18N2O2. The third kappa shape index (κ3) is 3.17. The molecule has 0 bridgehead atoms. The topological polar surface area (TPSA) is 55.1 Å². The number of nitrogens with one attached hydrogen (secondary N) is 1. The second-order valence-electron chi connectivity index (χ2n) is 4.45. The van der Waals surface area contributed by atoms with Crippen LogP contribution in [0.15, 0.2) is 10.6 Å². The first-order valence-electron chi connectivity index (χ1n) is 5.90. The van der Waals surface area contributed by atoms with Gasteiger partial charge in [-0.1, -0.05) is 6.42 Å². The van der Waals surface area contributed by atoms with Crippen LogP contribution in [-0.2, 0) is 17.6 Å². The van der Waals surface area contributed by atoms with Gasteiger partial charge in [0.2, 0.25) is 0 Å². The molecule has 0 radical (unpaired) electrons. The lowest BCUT2D eigenvalue weighted by molar-refractivity contribution is -0.116. The number of Topliss-reactive ketones (excluding diaryl/α,β-unsaturated/α-hetero) is 1. The van der Waals surface area contributed by atoms with Crippen molar-refractivity contribution in [2.75, 3.05) is 6.54 Å². The van der Waals surface area contributed by atoms with E-state index in [1.54, 1.807) is 13.1 Å². The largest absolute Gasteiger partial charge is 0.445 e. The molecule has 1 aromatic heterocycles. The number of carbonyl (C=O) groups is 1. The summed E-state index contributed by atoms with van der Waals surface area (Å²) in [6.45, 7) is 2.65. The summed E-state index contributed by atoms with van der Waals surface area (Å²) in [4.78, 5) is 15.1. The molecule has 88 valence electrons. The number of oxazole rings is 1. The van der Waals surface area contributed by atoms with E-state index in [1.165, 1.54) is 19.3 Å². The number of nitrogens with zero attached hydrogens (tertiary/aromatic N) is 1. The summed E-state index contributed by atoms with van der Waals surface area (Å²) in [5.41, 5.74) is 0. The third-order valence-electron chi connectivity index (χ3n) is 2.86. The number of aromatic nitrogens is 1. The minimum absolute atomic E-state index is 0.110. The van der Waals surface area contributed by atoms with Gasteiger partial charge in [0.15, 0.2) is 5.89 Å². The second kappa shape index (κ2) is 5.25. The minimum Gasteiger partial charge on any atom is -0.445 e. The van der Waals surface area contributed by atoms with Crippen molar-refractivity contribution in [2.24, 2.45) is 0 Å². The molecule has 2 rings (SSSR count). The number of rotatable bonds is 4. The molecule has 1 aromatic rings. The standard InChI is InChI=1S/C12H18N2O2/c1-9(15)6-11-8-14-12(16-11)7-10-4-2-3-5-13-10/h8,10,13H,2-7H2,1H3. The van der Waals surface area contributed by atoms with Gasteiger partial charge in [0, 0.05) is 12.5 Å². The second-order valence-corrected chi connectivity index (χ2v) is 4.45. The summed E-state index contributed by atoms with van der Waals surface area (Å²) in [5, 5.41) is 3.45. The maximum absolute atomic E-state index is 10.9. The first kappa shape index (κ1) is 11.3. The SMILES string of the molecule is CC(=O)Cc1cnc(CC2CCCCN2)o1. The van der Waals surface area contributed by atoms with Crippen LogP contribution in [-0.4, -0.2) is 23.4 Å². The molecule has 1 atom stereocenters. The lowest BCUT2D eigenvalue weighted by atomic mass is 10.0. The van der Waals surface area contributed by atoms with Gasteiger partial charge in [0.1, 0.15) is 11.5 Å².